The molecule has 5 heteroatoms. The number of nitrogens with one attached hydrogen (secondary N) is 1. The summed E-state index contributed by atoms with van der Waals surface area (Å²) in [5, 5.41) is 12.3. The molecule has 1 aromatic heterocycles. The topological polar surface area (TPSA) is 84.1 Å². The van der Waals surface area contributed by atoms with Gasteiger partial charge in [-0.2, -0.15) is 0 Å². The average molecular weight is 224 g/mol. The SMILES string of the molecule is CC(C)(C)C(CCO)Nc1cc(N)ncn1. The maximum absolute atomic E-state index is 9.04. The molecule has 0 saturated carbocycles. The predicted molar refractivity (Wildman–Crippen MR) is 65.0 cm³/mol. The molecule has 0 aliphatic carbocycles. The van der Waals surface area contributed by atoms with E-state index >= 15 is 0 Å². The number of nitrogens with zero attached hydrogens (tertiary/aromatic N) is 2. The van der Waals surface area contributed by atoms with Crippen LogP contribution >= 0.6 is 0 Å². The predicted octanol–water partition coefficient (Wildman–Crippen LogP) is 1.27. The maximum Gasteiger partial charge on any atom is 0.131 e. The Labute approximate surface area is 96.1 Å². The zero-order valence-electron chi connectivity index (χ0n) is 10.1. The zero-order valence-corrected chi connectivity index (χ0v) is 10.1. The van der Waals surface area contributed by atoms with Crippen LogP contribution < -0.4 is 11.1 Å². The van der Waals surface area contributed by atoms with Gasteiger partial charge in [0.05, 0.1) is 0 Å². The summed E-state index contributed by atoms with van der Waals surface area (Å²) in [6.45, 7) is 6.50. The second kappa shape index (κ2) is 5.12. The largest absolute Gasteiger partial charge is 0.396 e. The van der Waals surface area contributed by atoms with Crippen LogP contribution in [-0.4, -0.2) is 27.7 Å². The first-order valence-electron chi connectivity index (χ1n) is 5.38. The highest BCUT2D eigenvalue weighted by Crippen LogP contribution is 2.24. The van der Waals surface area contributed by atoms with Gasteiger partial charge in [0, 0.05) is 18.7 Å². The Kier molecular flexibility index (Phi) is 4.06. The highest BCUT2D eigenvalue weighted by molar-refractivity contribution is 5.44. The van der Waals surface area contributed by atoms with E-state index in [1.165, 1.54) is 6.33 Å². The first-order chi connectivity index (χ1) is 7.43. The smallest absolute Gasteiger partial charge is 0.131 e. The van der Waals surface area contributed by atoms with Gasteiger partial charge in [-0.3, -0.25) is 0 Å². The summed E-state index contributed by atoms with van der Waals surface area (Å²) in [6.07, 6.45) is 2.10. The molecule has 0 bridgehead atoms. The number of hydrogen-bond acceptors (Lipinski definition) is 5. The number of aliphatic hydroxyl groups is 1. The quantitative estimate of drug-likeness (QED) is 0.717. The second-order valence-corrected chi connectivity index (χ2v) is 4.90. The van der Waals surface area contributed by atoms with E-state index < -0.39 is 0 Å². The molecule has 0 amide bonds. The monoisotopic (exact) mass is 224 g/mol. The molecule has 0 aliphatic heterocycles. The Morgan fingerprint density at radius 2 is 2.12 bits per heavy atom. The van der Waals surface area contributed by atoms with Crippen LogP contribution in [-0.2, 0) is 0 Å². The number of nitrogens with two attached hydrogens (primary N) is 1. The standard InChI is InChI=1S/C11H20N4O/c1-11(2,3)8(4-5-16)15-10-6-9(12)13-7-14-10/h6-8,16H,4-5H2,1-3H3,(H3,12,13,14,15). The lowest BCUT2D eigenvalue weighted by molar-refractivity contribution is 0.235. The molecular formula is C11H20N4O. The molecule has 16 heavy (non-hydrogen) atoms. The molecule has 4 N–H and O–H groups in total. The van der Waals surface area contributed by atoms with Crippen molar-refractivity contribution in [3.63, 3.8) is 0 Å². The van der Waals surface area contributed by atoms with E-state index in [0.717, 1.165) is 0 Å². The maximum atomic E-state index is 9.04. The summed E-state index contributed by atoms with van der Waals surface area (Å²) >= 11 is 0. The molecule has 1 rings (SSSR count). The summed E-state index contributed by atoms with van der Waals surface area (Å²) in [4.78, 5) is 7.92. The van der Waals surface area contributed by atoms with Crippen molar-refractivity contribution in [2.24, 2.45) is 5.41 Å². The molecule has 0 spiro atoms. The van der Waals surface area contributed by atoms with E-state index in [4.69, 9.17) is 10.8 Å². The fourth-order valence-corrected chi connectivity index (χ4v) is 1.48. The summed E-state index contributed by atoms with van der Waals surface area (Å²) in [7, 11) is 0. The highest BCUT2D eigenvalue weighted by Gasteiger charge is 2.24. The molecule has 0 aliphatic rings. The molecule has 1 aromatic rings. The average Bonchev–Trinajstić information content (AvgIpc) is 2.16. The first-order valence-corrected chi connectivity index (χ1v) is 5.38. The lowest BCUT2D eigenvalue weighted by Gasteiger charge is -2.31. The van der Waals surface area contributed by atoms with E-state index in [9.17, 15) is 0 Å². The summed E-state index contributed by atoms with van der Waals surface area (Å²) in [5.74, 6) is 1.13. The molecule has 0 saturated heterocycles. The van der Waals surface area contributed by atoms with Crippen LogP contribution in [0.1, 0.15) is 27.2 Å². The zero-order chi connectivity index (χ0) is 12.2. The number of aliphatic hydroxyl groups excluding tert-OH is 1. The first kappa shape index (κ1) is 12.7. The lowest BCUT2D eigenvalue weighted by atomic mass is 9.85. The van der Waals surface area contributed by atoms with Gasteiger partial charge in [-0.25, -0.2) is 9.97 Å². The third-order valence-electron chi connectivity index (χ3n) is 2.47. The van der Waals surface area contributed by atoms with Gasteiger partial charge in [-0.05, 0) is 11.8 Å². The minimum Gasteiger partial charge on any atom is -0.396 e. The molecule has 1 heterocycles. The normalized spacial score (nSPS) is 13.5. The van der Waals surface area contributed by atoms with Crippen LogP contribution in [0.25, 0.3) is 0 Å². The van der Waals surface area contributed by atoms with Gasteiger partial charge >= 0.3 is 0 Å². The van der Waals surface area contributed by atoms with E-state index in [0.29, 0.717) is 18.1 Å². The molecule has 5 nitrogen and oxygen atoms in total. The molecule has 0 radical (unpaired) electrons. The number of rotatable bonds is 4. The number of hydrogen-bond donors (Lipinski definition) is 3. The summed E-state index contributed by atoms with van der Waals surface area (Å²) in [5.41, 5.74) is 5.62. The highest BCUT2D eigenvalue weighted by atomic mass is 16.3. The molecule has 0 fully saturated rings. The Morgan fingerprint density at radius 3 is 2.62 bits per heavy atom. The van der Waals surface area contributed by atoms with Crippen molar-refractivity contribution in [3.8, 4) is 0 Å². The molecular weight excluding hydrogens is 204 g/mol. The van der Waals surface area contributed by atoms with Crippen LogP contribution in [0.4, 0.5) is 11.6 Å². The lowest BCUT2D eigenvalue weighted by Crippen LogP contribution is -2.35. The van der Waals surface area contributed by atoms with Crippen LogP contribution in [0, 0.1) is 5.41 Å². The van der Waals surface area contributed by atoms with Gasteiger partial charge in [-0.15, -0.1) is 0 Å². The van der Waals surface area contributed by atoms with E-state index in [2.05, 4.69) is 36.1 Å². The number of nitrogen functional groups attached to an aromatic ring is 1. The Balaban J connectivity index is 2.76. The van der Waals surface area contributed by atoms with Gasteiger partial charge in [0.25, 0.3) is 0 Å². The van der Waals surface area contributed by atoms with Crippen molar-refractivity contribution < 1.29 is 5.11 Å². The van der Waals surface area contributed by atoms with Gasteiger partial charge in [0.1, 0.15) is 18.0 Å². The van der Waals surface area contributed by atoms with E-state index in [1.54, 1.807) is 6.07 Å². The number of anilines is 2. The molecule has 90 valence electrons. The number of aromatic nitrogens is 2. The van der Waals surface area contributed by atoms with Crippen molar-refractivity contribution in [1.29, 1.82) is 0 Å². The summed E-state index contributed by atoms with van der Waals surface area (Å²) < 4.78 is 0. The Bertz CT molecular complexity index is 335. The third kappa shape index (κ3) is 3.66. The molecule has 0 aromatic carbocycles. The second-order valence-electron chi connectivity index (χ2n) is 4.90. The fourth-order valence-electron chi connectivity index (χ4n) is 1.48. The van der Waals surface area contributed by atoms with Crippen LogP contribution in [0.2, 0.25) is 0 Å². The van der Waals surface area contributed by atoms with Crippen LogP contribution in [0.15, 0.2) is 12.4 Å². The molecule has 1 atom stereocenters. The van der Waals surface area contributed by atoms with Crippen LogP contribution in [0.5, 0.6) is 0 Å². The minimum atomic E-state index is 0.0441. The van der Waals surface area contributed by atoms with Gasteiger partial charge < -0.3 is 16.2 Å². The van der Waals surface area contributed by atoms with Crippen LogP contribution in [0.3, 0.4) is 0 Å². The van der Waals surface area contributed by atoms with E-state index in [-0.39, 0.29) is 18.1 Å². The third-order valence-corrected chi connectivity index (χ3v) is 2.47. The van der Waals surface area contributed by atoms with Gasteiger partial charge in [0.15, 0.2) is 0 Å². The summed E-state index contributed by atoms with van der Waals surface area (Å²) in [6, 6.07) is 1.84. The van der Waals surface area contributed by atoms with Crippen molar-refractivity contribution in [1.82, 2.24) is 9.97 Å². The van der Waals surface area contributed by atoms with Gasteiger partial charge in [-0.1, -0.05) is 20.8 Å². The van der Waals surface area contributed by atoms with Crippen molar-refractivity contribution in [2.75, 3.05) is 17.7 Å². The minimum absolute atomic E-state index is 0.0441. The fraction of sp³-hybridized carbons (Fsp3) is 0.636. The Hall–Kier alpha value is -1.36. The van der Waals surface area contributed by atoms with Crippen molar-refractivity contribution in [2.45, 2.75) is 33.2 Å². The van der Waals surface area contributed by atoms with Gasteiger partial charge in [0.2, 0.25) is 0 Å². The molecule has 1 unspecified atom stereocenters. The van der Waals surface area contributed by atoms with Crippen molar-refractivity contribution in [3.05, 3.63) is 12.4 Å². The van der Waals surface area contributed by atoms with Crippen molar-refractivity contribution >= 4 is 11.6 Å². The van der Waals surface area contributed by atoms with E-state index in [1.807, 2.05) is 0 Å². The Morgan fingerprint density at radius 1 is 1.44 bits per heavy atom.